The molecule has 1 aliphatic rings. The lowest BCUT2D eigenvalue weighted by atomic mass is 9.86. The van der Waals surface area contributed by atoms with Crippen LogP contribution < -0.4 is 5.32 Å². The zero-order valence-corrected chi connectivity index (χ0v) is 19.0. The topological polar surface area (TPSA) is 66.5 Å². The van der Waals surface area contributed by atoms with Gasteiger partial charge in [0, 0.05) is 25.0 Å². The Labute approximate surface area is 187 Å². The first-order chi connectivity index (χ1) is 15.0. The standard InChI is InChI=1S/C24H26N2O3S2/c1-18(22(19-10-4-2-5-11-19)20-12-6-3-7-13-20)25-24(27)23-21(14-17-30-23)31(28,29)26-15-8-9-16-26/h2-7,10-14,17-18,22H,8-9,15-16H2,1H3,(H,25,27). The van der Waals surface area contributed by atoms with Crippen LogP contribution in [-0.2, 0) is 10.0 Å². The Kier molecular flexibility index (Phi) is 6.55. The molecule has 1 saturated heterocycles. The Morgan fingerprint density at radius 1 is 0.935 bits per heavy atom. The van der Waals surface area contributed by atoms with Gasteiger partial charge in [-0.2, -0.15) is 4.31 Å². The number of benzene rings is 2. The summed E-state index contributed by atoms with van der Waals surface area (Å²) < 4.78 is 27.6. The Bertz CT molecular complexity index is 1080. The predicted octanol–water partition coefficient (Wildman–Crippen LogP) is 4.48. The van der Waals surface area contributed by atoms with Crippen molar-refractivity contribution in [2.24, 2.45) is 0 Å². The largest absolute Gasteiger partial charge is 0.348 e. The number of amides is 1. The average molecular weight is 455 g/mol. The summed E-state index contributed by atoms with van der Waals surface area (Å²) in [5, 5.41) is 4.75. The van der Waals surface area contributed by atoms with Crippen LogP contribution in [0.4, 0.5) is 0 Å². The Hall–Kier alpha value is -2.48. The van der Waals surface area contributed by atoms with Crippen molar-refractivity contribution < 1.29 is 13.2 Å². The molecule has 0 radical (unpaired) electrons. The van der Waals surface area contributed by atoms with E-state index in [9.17, 15) is 13.2 Å². The Morgan fingerprint density at radius 3 is 2.03 bits per heavy atom. The first kappa shape index (κ1) is 21.7. The maximum absolute atomic E-state index is 13.2. The molecular formula is C24H26N2O3S2. The molecule has 31 heavy (non-hydrogen) atoms. The minimum Gasteiger partial charge on any atom is -0.348 e. The van der Waals surface area contributed by atoms with Crippen molar-refractivity contribution in [1.29, 1.82) is 0 Å². The molecule has 5 nitrogen and oxygen atoms in total. The Morgan fingerprint density at radius 2 is 1.48 bits per heavy atom. The van der Waals surface area contributed by atoms with Crippen molar-refractivity contribution in [1.82, 2.24) is 9.62 Å². The summed E-state index contributed by atoms with van der Waals surface area (Å²) in [4.78, 5) is 13.5. The second-order valence-corrected chi connectivity index (χ2v) is 10.6. The molecule has 1 fully saturated rings. The van der Waals surface area contributed by atoms with E-state index in [0.29, 0.717) is 13.1 Å². The van der Waals surface area contributed by atoms with Gasteiger partial charge >= 0.3 is 0 Å². The van der Waals surface area contributed by atoms with Crippen LogP contribution in [0.25, 0.3) is 0 Å². The van der Waals surface area contributed by atoms with Gasteiger partial charge in [0.2, 0.25) is 10.0 Å². The number of nitrogens with zero attached hydrogens (tertiary/aromatic N) is 1. The molecule has 1 N–H and O–H groups in total. The van der Waals surface area contributed by atoms with Crippen LogP contribution in [-0.4, -0.2) is 37.8 Å². The average Bonchev–Trinajstić information content (AvgIpc) is 3.48. The van der Waals surface area contributed by atoms with Gasteiger partial charge in [-0.3, -0.25) is 4.79 Å². The zero-order valence-electron chi connectivity index (χ0n) is 17.4. The number of sulfonamides is 1. The molecule has 2 heterocycles. The Balaban J connectivity index is 1.60. The van der Waals surface area contributed by atoms with Crippen molar-refractivity contribution in [3.63, 3.8) is 0 Å². The summed E-state index contributed by atoms with van der Waals surface area (Å²) >= 11 is 1.17. The van der Waals surface area contributed by atoms with Crippen LogP contribution >= 0.6 is 11.3 Å². The summed E-state index contributed by atoms with van der Waals surface area (Å²) in [6.45, 7) is 2.99. The summed E-state index contributed by atoms with van der Waals surface area (Å²) in [5.74, 6) is -0.401. The van der Waals surface area contributed by atoms with Crippen molar-refractivity contribution in [2.75, 3.05) is 13.1 Å². The van der Waals surface area contributed by atoms with Gasteiger partial charge in [0.1, 0.15) is 9.77 Å². The lowest BCUT2D eigenvalue weighted by molar-refractivity contribution is 0.0938. The monoisotopic (exact) mass is 454 g/mol. The first-order valence-electron chi connectivity index (χ1n) is 10.5. The van der Waals surface area contributed by atoms with Crippen molar-refractivity contribution in [3.05, 3.63) is 88.1 Å². The van der Waals surface area contributed by atoms with Crippen molar-refractivity contribution in [3.8, 4) is 0 Å². The van der Waals surface area contributed by atoms with E-state index < -0.39 is 10.0 Å². The first-order valence-corrected chi connectivity index (χ1v) is 12.8. The minimum atomic E-state index is -3.65. The second-order valence-electron chi connectivity index (χ2n) is 7.79. The number of hydrogen-bond acceptors (Lipinski definition) is 4. The third kappa shape index (κ3) is 4.59. The third-order valence-electron chi connectivity index (χ3n) is 5.69. The predicted molar refractivity (Wildman–Crippen MR) is 124 cm³/mol. The van der Waals surface area contributed by atoms with E-state index in [-0.39, 0.29) is 27.6 Å². The fraction of sp³-hybridized carbons (Fsp3) is 0.292. The SMILES string of the molecule is CC(NC(=O)c1sccc1S(=O)(=O)N1CCCC1)C(c1ccccc1)c1ccccc1. The van der Waals surface area contributed by atoms with Gasteiger partial charge in [0.05, 0.1) is 0 Å². The number of thiophene rings is 1. The fourth-order valence-electron chi connectivity index (χ4n) is 4.18. The van der Waals surface area contributed by atoms with Gasteiger partial charge < -0.3 is 5.32 Å². The van der Waals surface area contributed by atoms with Crippen LogP contribution in [0.1, 0.15) is 46.5 Å². The number of carbonyl (C=O) groups excluding carboxylic acids is 1. The van der Waals surface area contributed by atoms with E-state index in [2.05, 4.69) is 29.6 Å². The lowest BCUT2D eigenvalue weighted by Gasteiger charge is -2.26. The van der Waals surface area contributed by atoms with Crippen molar-refractivity contribution in [2.45, 2.75) is 36.6 Å². The summed E-state index contributed by atoms with van der Waals surface area (Å²) in [7, 11) is -3.65. The lowest BCUT2D eigenvalue weighted by Crippen LogP contribution is -2.38. The van der Waals surface area contributed by atoms with Gasteiger partial charge in [-0.05, 0) is 42.3 Å². The van der Waals surface area contributed by atoms with Gasteiger partial charge in [-0.25, -0.2) is 8.42 Å². The van der Waals surface area contributed by atoms with E-state index in [1.807, 2.05) is 43.3 Å². The zero-order chi connectivity index (χ0) is 21.8. The molecule has 1 atom stereocenters. The molecule has 0 bridgehead atoms. The quantitative estimate of drug-likeness (QED) is 0.572. The van der Waals surface area contributed by atoms with Crippen LogP contribution in [0.15, 0.2) is 77.0 Å². The van der Waals surface area contributed by atoms with Gasteiger partial charge in [-0.15, -0.1) is 11.3 Å². The smallest absolute Gasteiger partial charge is 0.262 e. The highest BCUT2D eigenvalue weighted by atomic mass is 32.2. The third-order valence-corrected chi connectivity index (χ3v) is 8.68. The molecule has 0 spiro atoms. The normalized spacial score (nSPS) is 15.8. The molecule has 1 amide bonds. The van der Waals surface area contributed by atoms with Crippen LogP contribution in [0.5, 0.6) is 0 Å². The van der Waals surface area contributed by atoms with Crippen LogP contribution in [0, 0.1) is 0 Å². The molecule has 2 aromatic carbocycles. The highest BCUT2D eigenvalue weighted by Crippen LogP contribution is 2.30. The van der Waals surface area contributed by atoms with Crippen LogP contribution in [0.3, 0.4) is 0 Å². The fourth-order valence-corrected chi connectivity index (χ4v) is 7.00. The molecule has 1 aromatic heterocycles. The van der Waals surface area contributed by atoms with Crippen LogP contribution in [0.2, 0.25) is 0 Å². The maximum atomic E-state index is 13.2. The molecular weight excluding hydrogens is 428 g/mol. The van der Waals surface area contributed by atoms with E-state index in [4.69, 9.17) is 0 Å². The molecule has 162 valence electrons. The maximum Gasteiger partial charge on any atom is 0.262 e. The molecule has 0 aliphatic carbocycles. The highest BCUT2D eigenvalue weighted by Gasteiger charge is 2.33. The van der Waals surface area contributed by atoms with E-state index >= 15 is 0 Å². The second kappa shape index (κ2) is 9.34. The van der Waals surface area contributed by atoms with E-state index in [1.165, 1.54) is 15.6 Å². The molecule has 1 unspecified atom stereocenters. The van der Waals surface area contributed by atoms with Crippen molar-refractivity contribution >= 4 is 27.3 Å². The number of hydrogen-bond donors (Lipinski definition) is 1. The van der Waals surface area contributed by atoms with Gasteiger partial charge in [-0.1, -0.05) is 60.7 Å². The number of nitrogens with one attached hydrogen (secondary N) is 1. The minimum absolute atomic E-state index is 0.0510. The summed E-state index contributed by atoms with van der Waals surface area (Å²) in [5.41, 5.74) is 2.19. The number of rotatable bonds is 7. The van der Waals surface area contributed by atoms with E-state index in [1.54, 1.807) is 11.4 Å². The molecule has 4 rings (SSSR count). The van der Waals surface area contributed by atoms with Gasteiger partial charge in [0.25, 0.3) is 5.91 Å². The summed E-state index contributed by atoms with van der Waals surface area (Å²) in [6.07, 6.45) is 1.72. The van der Waals surface area contributed by atoms with Gasteiger partial charge in [0.15, 0.2) is 0 Å². The molecule has 3 aromatic rings. The molecule has 0 saturated carbocycles. The van der Waals surface area contributed by atoms with E-state index in [0.717, 1.165) is 24.0 Å². The highest BCUT2D eigenvalue weighted by molar-refractivity contribution is 7.89. The number of carbonyl (C=O) groups is 1. The molecule has 7 heteroatoms. The molecule has 1 aliphatic heterocycles. The summed E-state index contributed by atoms with van der Waals surface area (Å²) in [6, 6.07) is 21.4.